The van der Waals surface area contributed by atoms with Crippen LogP contribution in [0.1, 0.15) is 17.9 Å². The molecule has 1 saturated heterocycles. The molecular weight excluding hydrogens is 327 g/mol. The van der Waals surface area contributed by atoms with Gasteiger partial charge in [-0.15, -0.1) is 0 Å². The molecule has 0 unspecified atom stereocenters. The molecule has 118 valence electrons. The van der Waals surface area contributed by atoms with Gasteiger partial charge in [-0.05, 0) is 36.1 Å². The molecule has 1 aromatic rings. The fourth-order valence-corrected chi connectivity index (χ4v) is 3.42. The third-order valence-electron chi connectivity index (χ3n) is 4.12. The van der Waals surface area contributed by atoms with Crippen molar-refractivity contribution in [3.05, 3.63) is 33.8 Å². The highest BCUT2D eigenvalue weighted by atomic mass is 35.5. The first kappa shape index (κ1) is 15.6. The molecule has 2 amide bonds. The largest absolute Gasteiger partial charge is 0.367 e. The Morgan fingerprint density at radius 1 is 1.23 bits per heavy atom. The monoisotopic (exact) mass is 342 g/mol. The molecule has 5 nitrogen and oxygen atoms in total. The molecule has 1 heterocycles. The van der Waals surface area contributed by atoms with Gasteiger partial charge in [0.05, 0.1) is 13.2 Å². The van der Waals surface area contributed by atoms with Crippen LogP contribution in [0.3, 0.4) is 0 Å². The second-order valence-corrected chi connectivity index (χ2v) is 6.57. The third kappa shape index (κ3) is 3.21. The summed E-state index contributed by atoms with van der Waals surface area (Å²) in [6, 6.07) is 5.36. The van der Waals surface area contributed by atoms with Gasteiger partial charge < -0.3 is 15.4 Å². The molecule has 0 spiro atoms. The first-order valence-electron chi connectivity index (χ1n) is 7.11. The second-order valence-electron chi connectivity index (χ2n) is 5.70. The zero-order valence-electron chi connectivity index (χ0n) is 11.8. The molecule has 0 aromatic heterocycles. The molecule has 2 aliphatic rings. The zero-order valence-corrected chi connectivity index (χ0v) is 13.3. The molecule has 0 bridgehead atoms. The molecule has 3 atom stereocenters. The maximum Gasteiger partial charge on any atom is 0.248 e. The summed E-state index contributed by atoms with van der Waals surface area (Å²) in [6.07, 6.45) is 0.0594. The van der Waals surface area contributed by atoms with Gasteiger partial charge >= 0.3 is 0 Å². The molecule has 1 saturated carbocycles. The number of halogens is 2. The van der Waals surface area contributed by atoms with Crippen molar-refractivity contribution >= 4 is 35.0 Å². The van der Waals surface area contributed by atoms with E-state index >= 15 is 0 Å². The van der Waals surface area contributed by atoms with Crippen molar-refractivity contribution in [3.8, 4) is 0 Å². The van der Waals surface area contributed by atoms with E-state index in [0.717, 1.165) is 12.0 Å². The molecule has 2 N–H and O–H groups in total. The molecule has 22 heavy (non-hydrogen) atoms. The van der Waals surface area contributed by atoms with E-state index in [0.29, 0.717) is 23.2 Å². The van der Waals surface area contributed by atoms with Crippen molar-refractivity contribution in [2.75, 3.05) is 19.7 Å². The molecule has 0 radical (unpaired) electrons. The number of primary amides is 1. The highest BCUT2D eigenvalue weighted by Crippen LogP contribution is 2.49. The fraction of sp³-hybridized carbons (Fsp3) is 0.467. The minimum absolute atomic E-state index is 0.0376. The van der Waals surface area contributed by atoms with E-state index in [2.05, 4.69) is 0 Å². The normalized spacial score (nSPS) is 27.5. The Balaban J connectivity index is 1.66. The van der Waals surface area contributed by atoms with Crippen LogP contribution in [0, 0.1) is 5.92 Å². The number of nitrogens with zero attached hydrogens (tertiary/aromatic N) is 1. The summed E-state index contributed by atoms with van der Waals surface area (Å²) in [5, 5.41) is 1.14. The van der Waals surface area contributed by atoms with Crippen LogP contribution < -0.4 is 5.73 Å². The highest BCUT2D eigenvalue weighted by Gasteiger charge is 2.46. The van der Waals surface area contributed by atoms with E-state index in [1.165, 1.54) is 0 Å². The van der Waals surface area contributed by atoms with E-state index in [-0.39, 0.29) is 24.3 Å². The minimum atomic E-state index is -0.712. The first-order valence-corrected chi connectivity index (χ1v) is 7.87. The number of hydrogen-bond donors (Lipinski definition) is 1. The number of morpholine rings is 1. The molecule has 1 aliphatic heterocycles. The Morgan fingerprint density at radius 3 is 2.55 bits per heavy atom. The number of hydrogen-bond acceptors (Lipinski definition) is 3. The van der Waals surface area contributed by atoms with Gasteiger partial charge in [0.1, 0.15) is 0 Å². The van der Waals surface area contributed by atoms with Crippen molar-refractivity contribution in [2.24, 2.45) is 11.7 Å². The highest BCUT2D eigenvalue weighted by molar-refractivity contribution is 6.34. The average molecular weight is 343 g/mol. The van der Waals surface area contributed by atoms with Gasteiger partial charge in [-0.1, -0.05) is 23.2 Å². The van der Waals surface area contributed by atoms with E-state index in [9.17, 15) is 9.59 Å². The number of nitrogens with two attached hydrogens (primary N) is 1. The van der Waals surface area contributed by atoms with Crippen LogP contribution in [0.25, 0.3) is 0 Å². The van der Waals surface area contributed by atoms with Gasteiger partial charge in [0.25, 0.3) is 0 Å². The van der Waals surface area contributed by atoms with Gasteiger partial charge in [0.2, 0.25) is 11.8 Å². The van der Waals surface area contributed by atoms with E-state index in [1.807, 2.05) is 12.1 Å². The number of carbonyl (C=O) groups is 2. The maximum absolute atomic E-state index is 12.5. The molecule has 7 heteroatoms. The topological polar surface area (TPSA) is 72.6 Å². The Kier molecular flexibility index (Phi) is 4.30. The second kappa shape index (κ2) is 6.07. The molecule has 3 rings (SSSR count). The molecular formula is C15H16Cl2N2O3. The minimum Gasteiger partial charge on any atom is -0.367 e. The van der Waals surface area contributed by atoms with Crippen LogP contribution in [0.2, 0.25) is 10.0 Å². The lowest BCUT2D eigenvalue weighted by Gasteiger charge is -2.31. The van der Waals surface area contributed by atoms with E-state index in [1.54, 1.807) is 11.0 Å². The van der Waals surface area contributed by atoms with Crippen LogP contribution in [-0.4, -0.2) is 42.5 Å². The summed E-state index contributed by atoms with van der Waals surface area (Å²) in [7, 11) is 0. The number of rotatable bonds is 3. The van der Waals surface area contributed by atoms with Crippen molar-refractivity contribution in [1.29, 1.82) is 0 Å². The van der Waals surface area contributed by atoms with Gasteiger partial charge in [-0.2, -0.15) is 0 Å². The maximum atomic E-state index is 12.5. The Morgan fingerprint density at radius 2 is 1.91 bits per heavy atom. The quantitative estimate of drug-likeness (QED) is 0.910. The average Bonchev–Trinajstić information content (AvgIpc) is 3.26. The summed E-state index contributed by atoms with van der Waals surface area (Å²) in [6.45, 7) is 1.05. The van der Waals surface area contributed by atoms with Gasteiger partial charge in [0.15, 0.2) is 6.10 Å². The molecule has 1 aliphatic carbocycles. The number of amides is 2. The Bertz CT molecular complexity index is 603. The van der Waals surface area contributed by atoms with Crippen LogP contribution in [0.4, 0.5) is 0 Å². The van der Waals surface area contributed by atoms with E-state index < -0.39 is 12.0 Å². The van der Waals surface area contributed by atoms with Gasteiger partial charge in [0, 0.05) is 22.5 Å². The Hall–Kier alpha value is -1.30. The molecule has 2 fully saturated rings. The lowest BCUT2D eigenvalue weighted by Crippen LogP contribution is -2.50. The van der Waals surface area contributed by atoms with Crippen LogP contribution in [0.5, 0.6) is 0 Å². The van der Waals surface area contributed by atoms with Crippen LogP contribution in [-0.2, 0) is 14.3 Å². The fourth-order valence-electron chi connectivity index (χ4n) is 2.88. The SMILES string of the molecule is NC(=O)[C@@H]1CN(C(=O)[C@H]2C[C@H]2c2cc(Cl)cc(Cl)c2)CCO1. The summed E-state index contributed by atoms with van der Waals surface area (Å²) in [5.41, 5.74) is 6.22. The summed E-state index contributed by atoms with van der Waals surface area (Å²) in [4.78, 5) is 25.4. The third-order valence-corrected chi connectivity index (χ3v) is 4.55. The van der Waals surface area contributed by atoms with Crippen LogP contribution >= 0.6 is 23.2 Å². The summed E-state index contributed by atoms with van der Waals surface area (Å²) < 4.78 is 5.26. The number of carbonyl (C=O) groups excluding carboxylic acids is 2. The van der Waals surface area contributed by atoms with Crippen molar-refractivity contribution < 1.29 is 14.3 Å². The number of benzene rings is 1. The molecule has 1 aromatic carbocycles. The Labute approximate surface area is 138 Å². The van der Waals surface area contributed by atoms with Crippen LogP contribution in [0.15, 0.2) is 18.2 Å². The first-order chi connectivity index (χ1) is 10.5. The van der Waals surface area contributed by atoms with Gasteiger partial charge in [-0.3, -0.25) is 9.59 Å². The predicted octanol–water partition coefficient (Wildman–Crippen LogP) is 1.81. The van der Waals surface area contributed by atoms with Gasteiger partial charge in [-0.25, -0.2) is 0 Å². The smallest absolute Gasteiger partial charge is 0.248 e. The number of ether oxygens (including phenoxy) is 1. The van der Waals surface area contributed by atoms with Crippen molar-refractivity contribution in [3.63, 3.8) is 0 Å². The predicted molar refractivity (Wildman–Crippen MR) is 82.8 cm³/mol. The zero-order chi connectivity index (χ0) is 15.9. The van der Waals surface area contributed by atoms with Crippen molar-refractivity contribution in [2.45, 2.75) is 18.4 Å². The summed E-state index contributed by atoms with van der Waals surface area (Å²) in [5.74, 6) is -0.443. The van der Waals surface area contributed by atoms with E-state index in [4.69, 9.17) is 33.7 Å². The lowest BCUT2D eigenvalue weighted by atomic mass is 10.1. The summed E-state index contributed by atoms with van der Waals surface area (Å²) >= 11 is 12.0. The lowest BCUT2D eigenvalue weighted by molar-refractivity contribution is -0.146. The standard InChI is InChI=1S/C15H16Cl2N2O3/c16-9-3-8(4-10(17)5-9)11-6-12(11)15(21)19-1-2-22-13(7-19)14(18)20/h3-5,11-13H,1-2,6-7H2,(H2,18,20)/t11-,12-,13-/m0/s1. The van der Waals surface area contributed by atoms with Crippen molar-refractivity contribution in [1.82, 2.24) is 4.90 Å².